The fraction of sp³-hybridized carbons (Fsp3) is 0.0714. The Bertz CT molecular complexity index is 556. The van der Waals surface area contributed by atoms with Gasteiger partial charge >= 0.3 is 0 Å². The van der Waals surface area contributed by atoms with Gasteiger partial charge in [0.15, 0.2) is 5.78 Å². The minimum Gasteiger partial charge on any atom is -0.495 e. The third-order valence-corrected chi connectivity index (χ3v) is 2.53. The number of carbonyl (C=O) groups is 1. The Morgan fingerprint density at radius 1 is 1.25 bits per heavy atom. The van der Waals surface area contributed by atoms with Crippen molar-refractivity contribution in [2.24, 2.45) is 0 Å². The van der Waals surface area contributed by atoms with Crippen LogP contribution in [-0.2, 0) is 0 Å². The summed E-state index contributed by atoms with van der Waals surface area (Å²) in [6, 6.07) is 11.5. The van der Waals surface area contributed by atoms with Crippen LogP contribution in [0.2, 0.25) is 0 Å². The number of benzene rings is 2. The molecule has 0 radical (unpaired) electrons. The number of hydrogen-bond donors (Lipinski definition) is 0. The van der Waals surface area contributed by atoms with Crippen molar-refractivity contribution in [1.82, 2.24) is 0 Å². The van der Waals surface area contributed by atoms with Gasteiger partial charge in [-0.1, -0.05) is 36.9 Å². The topological polar surface area (TPSA) is 26.3 Å². The summed E-state index contributed by atoms with van der Waals surface area (Å²) in [4.78, 5) is 11.6. The Kier molecular flexibility index (Phi) is 2.73. The van der Waals surface area contributed by atoms with Gasteiger partial charge in [-0.2, -0.15) is 0 Å². The maximum absolute atomic E-state index is 11.6. The van der Waals surface area contributed by atoms with Crippen molar-refractivity contribution in [3.05, 3.63) is 54.6 Å². The van der Waals surface area contributed by atoms with Gasteiger partial charge in [-0.15, -0.1) is 0 Å². The molecule has 0 fully saturated rings. The summed E-state index contributed by atoms with van der Waals surface area (Å²) in [5.41, 5.74) is 0.552. The summed E-state index contributed by atoms with van der Waals surface area (Å²) in [6.45, 7) is 3.49. The molecule has 0 aliphatic rings. The lowest BCUT2D eigenvalue weighted by Crippen LogP contribution is -1.99. The number of fused-ring (bicyclic) bond motifs is 1. The average molecular weight is 212 g/mol. The van der Waals surface area contributed by atoms with Crippen LogP contribution in [0, 0.1) is 0 Å². The predicted octanol–water partition coefficient (Wildman–Crippen LogP) is 3.22. The zero-order valence-electron chi connectivity index (χ0n) is 9.07. The highest BCUT2D eigenvalue weighted by molar-refractivity contribution is 6.10. The number of allylic oxidation sites excluding steroid dienone is 1. The number of ether oxygens (including phenoxy) is 1. The molecular weight excluding hydrogens is 200 g/mol. The Morgan fingerprint density at radius 3 is 2.69 bits per heavy atom. The van der Waals surface area contributed by atoms with Crippen molar-refractivity contribution in [2.75, 3.05) is 7.11 Å². The Morgan fingerprint density at radius 2 is 2.00 bits per heavy atom. The van der Waals surface area contributed by atoms with Gasteiger partial charge in [0.25, 0.3) is 0 Å². The SMILES string of the molecule is C=CC(=O)c1ccc2ccccc2c1OC. The molecule has 2 aromatic carbocycles. The van der Waals surface area contributed by atoms with E-state index in [9.17, 15) is 4.79 Å². The van der Waals surface area contributed by atoms with Crippen LogP contribution >= 0.6 is 0 Å². The van der Waals surface area contributed by atoms with E-state index in [1.807, 2.05) is 30.3 Å². The molecule has 0 spiro atoms. The van der Waals surface area contributed by atoms with Crippen molar-refractivity contribution in [3.8, 4) is 5.75 Å². The number of hydrogen-bond acceptors (Lipinski definition) is 2. The van der Waals surface area contributed by atoms with Crippen LogP contribution in [-0.4, -0.2) is 12.9 Å². The maximum Gasteiger partial charge on any atom is 0.188 e. The van der Waals surface area contributed by atoms with Gasteiger partial charge in [0.2, 0.25) is 0 Å². The summed E-state index contributed by atoms with van der Waals surface area (Å²) in [5, 5.41) is 2.00. The molecular formula is C14H12O2. The van der Waals surface area contributed by atoms with Gasteiger partial charge in [-0.3, -0.25) is 4.79 Å². The van der Waals surface area contributed by atoms with E-state index in [0.717, 1.165) is 10.8 Å². The lowest BCUT2D eigenvalue weighted by Gasteiger charge is -2.09. The highest BCUT2D eigenvalue weighted by atomic mass is 16.5. The predicted molar refractivity (Wildman–Crippen MR) is 65.0 cm³/mol. The molecule has 2 aromatic rings. The maximum atomic E-state index is 11.6. The van der Waals surface area contributed by atoms with Gasteiger partial charge in [0.1, 0.15) is 5.75 Å². The third-order valence-electron chi connectivity index (χ3n) is 2.53. The van der Waals surface area contributed by atoms with Crippen LogP contribution in [0.5, 0.6) is 5.75 Å². The summed E-state index contributed by atoms with van der Waals surface area (Å²) < 4.78 is 5.31. The van der Waals surface area contributed by atoms with E-state index in [4.69, 9.17) is 4.74 Å². The van der Waals surface area contributed by atoms with Crippen LogP contribution in [0.3, 0.4) is 0 Å². The van der Waals surface area contributed by atoms with E-state index >= 15 is 0 Å². The normalized spacial score (nSPS) is 10.1. The van der Waals surface area contributed by atoms with E-state index in [0.29, 0.717) is 11.3 Å². The quantitative estimate of drug-likeness (QED) is 0.576. The van der Waals surface area contributed by atoms with E-state index < -0.39 is 0 Å². The first-order valence-electron chi connectivity index (χ1n) is 5.00. The molecule has 0 amide bonds. The highest BCUT2D eigenvalue weighted by Gasteiger charge is 2.11. The zero-order valence-corrected chi connectivity index (χ0v) is 9.07. The lowest BCUT2D eigenvalue weighted by atomic mass is 10.0. The molecule has 0 bridgehead atoms. The van der Waals surface area contributed by atoms with Crippen molar-refractivity contribution in [1.29, 1.82) is 0 Å². The van der Waals surface area contributed by atoms with E-state index in [1.165, 1.54) is 6.08 Å². The minimum atomic E-state index is -0.123. The minimum absolute atomic E-state index is 0.123. The summed E-state index contributed by atoms with van der Waals surface area (Å²) in [5.74, 6) is 0.491. The average Bonchev–Trinajstić information content (AvgIpc) is 2.36. The molecule has 2 rings (SSSR count). The molecule has 0 N–H and O–H groups in total. The lowest BCUT2D eigenvalue weighted by molar-refractivity contribution is 0.104. The van der Waals surface area contributed by atoms with Crippen LogP contribution in [0.4, 0.5) is 0 Å². The Balaban J connectivity index is 2.77. The Hall–Kier alpha value is -2.09. The Labute approximate surface area is 94.2 Å². The van der Waals surface area contributed by atoms with Crippen molar-refractivity contribution >= 4 is 16.6 Å². The number of ketones is 1. The van der Waals surface area contributed by atoms with Crippen LogP contribution < -0.4 is 4.74 Å². The molecule has 0 saturated carbocycles. The number of carbonyl (C=O) groups excluding carboxylic acids is 1. The molecule has 16 heavy (non-hydrogen) atoms. The van der Waals surface area contributed by atoms with Gasteiger partial charge in [-0.25, -0.2) is 0 Å². The van der Waals surface area contributed by atoms with Crippen LogP contribution in [0.15, 0.2) is 49.1 Å². The first-order chi connectivity index (χ1) is 7.77. The summed E-state index contributed by atoms with van der Waals surface area (Å²) in [7, 11) is 1.57. The van der Waals surface area contributed by atoms with Crippen molar-refractivity contribution < 1.29 is 9.53 Å². The van der Waals surface area contributed by atoms with Gasteiger partial charge in [0, 0.05) is 5.39 Å². The second-order valence-corrected chi connectivity index (χ2v) is 3.44. The van der Waals surface area contributed by atoms with Gasteiger partial charge in [-0.05, 0) is 17.5 Å². The van der Waals surface area contributed by atoms with Crippen LogP contribution in [0.25, 0.3) is 10.8 Å². The smallest absolute Gasteiger partial charge is 0.188 e. The van der Waals surface area contributed by atoms with Gasteiger partial charge < -0.3 is 4.74 Å². The third kappa shape index (κ3) is 1.58. The van der Waals surface area contributed by atoms with E-state index in [-0.39, 0.29) is 5.78 Å². The molecule has 80 valence electrons. The molecule has 0 heterocycles. The largest absolute Gasteiger partial charge is 0.495 e. The van der Waals surface area contributed by atoms with Gasteiger partial charge in [0.05, 0.1) is 12.7 Å². The second kappa shape index (κ2) is 4.19. The highest BCUT2D eigenvalue weighted by Crippen LogP contribution is 2.29. The van der Waals surface area contributed by atoms with Crippen molar-refractivity contribution in [2.45, 2.75) is 0 Å². The van der Waals surface area contributed by atoms with E-state index in [2.05, 4.69) is 6.58 Å². The molecule has 2 heteroatoms. The summed E-state index contributed by atoms with van der Waals surface area (Å²) in [6.07, 6.45) is 1.30. The molecule has 0 aromatic heterocycles. The second-order valence-electron chi connectivity index (χ2n) is 3.44. The van der Waals surface area contributed by atoms with Crippen molar-refractivity contribution in [3.63, 3.8) is 0 Å². The molecule has 2 nitrogen and oxygen atoms in total. The first-order valence-corrected chi connectivity index (χ1v) is 5.00. The zero-order chi connectivity index (χ0) is 11.5. The van der Waals surface area contributed by atoms with Crippen LogP contribution in [0.1, 0.15) is 10.4 Å². The standard InChI is InChI=1S/C14H12O2/c1-3-13(15)12-9-8-10-6-4-5-7-11(10)14(12)16-2/h3-9H,1H2,2H3. The summed E-state index contributed by atoms with van der Waals surface area (Å²) >= 11 is 0. The molecule has 0 unspecified atom stereocenters. The molecule has 0 aliphatic carbocycles. The number of methoxy groups -OCH3 is 1. The first kappa shape index (κ1) is 10.4. The fourth-order valence-corrected chi connectivity index (χ4v) is 1.77. The molecule has 0 saturated heterocycles. The fourth-order valence-electron chi connectivity index (χ4n) is 1.77. The molecule has 0 atom stereocenters. The monoisotopic (exact) mass is 212 g/mol. The molecule has 0 aliphatic heterocycles. The van der Waals surface area contributed by atoms with E-state index in [1.54, 1.807) is 13.2 Å². The number of rotatable bonds is 3.